The molecular formula is C55H39NO. The molecule has 0 bridgehead atoms. The zero-order chi connectivity index (χ0) is 38.1. The molecule has 270 valence electrons. The first-order chi connectivity index (χ1) is 28.0. The molecule has 1 heterocycles. The first-order valence-corrected chi connectivity index (χ1v) is 19.8. The fourth-order valence-electron chi connectivity index (χ4n) is 9.21. The summed E-state index contributed by atoms with van der Waals surface area (Å²) in [6, 6.07) is 72.6. The molecule has 0 saturated heterocycles. The molecule has 57 heavy (non-hydrogen) atoms. The Bertz CT molecular complexity index is 3120. The lowest BCUT2D eigenvalue weighted by molar-refractivity contribution is 0.645. The maximum absolute atomic E-state index is 6.47. The van der Waals surface area contributed by atoms with Crippen LogP contribution in [0.15, 0.2) is 205 Å². The minimum atomic E-state index is -0.202. The second-order valence-electron chi connectivity index (χ2n) is 15.7. The molecule has 1 aliphatic carbocycles. The summed E-state index contributed by atoms with van der Waals surface area (Å²) < 4.78 is 6.47. The lowest BCUT2D eigenvalue weighted by Gasteiger charge is -2.38. The molecule has 2 heteroatoms. The highest BCUT2D eigenvalue weighted by Gasteiger charge is 2.36. The lowest BCUT2D eigenvalue weighted by Crippen LogP contribution is -2.24. The van der Waals surface area contributed by atoms with Crippen LogP contribution >= 0.6 is 0 Å². The molecule has 0 radical (unpaired) electrons. The van der Waals surface area contributed by atoms with E-state index in [0.717, 1.165) is 50.1 Å². The molecule has 1 aliphatic rings. The van der Waals surface area contributed by atoms with Crippen LogP contribution in [0.25, 0.3) is 77.2 Å². The number of hydrogen-bond donors (Lipinski definition) is 0. The van der Waals surface area contributed by atoms with E-state index in [-0.39, 0.29) is 5.41 Å². The molecule has 2 nitrogen and oxygen atoms in total. The van der Waals surface area contributed by atoms with Crippen molar-refractivity contribution in [3.05, 3.63) is 211 Å². The van der Waals surface area contributed by atoms with Crippen molar-refractivity contribution in [2.45, 2.75) is 19.3 Å². The fraction of sp³-hybridized carbons (Fsp3) is 0.0545. The molecule has 1 aromatic heterocycles. The number of benzene rings is 9. The van der Waals surface area contributed by atoms with Gasteiger partial charge in [-0.2, -0.15) is 0 Å². The van der Waals surface area contributed by atoms with Gasteiger partial charge in [0.15, 0.2) is 0 Å². The maximum atomic E-state index is 6.47. The summed E-state index contributed by atoms with van der Waals surface area (Å²) in [7, 11) is 0. The van der Waals surface area contributed by atoms with Crippen LogP contribution in [-0.2, 0) is 5.41 Å². The smallest absolute Gasteiger partial charge is 0.143 e. The minimum absolute atomic E-state index is 0.202. The average molecular weight is 730 g/mol. The summed E-state index contributed by atoms with van der Waals surface area (Å²) in [5, 5.41) is 4.85. The van der Waals surface area contributed by atoms with Gasteiger partial charge in [0.05, 0.1) is 5.69 Å². The summed E-state index contributed by atoms with van der Waals surface area (Å²) >= 11 is 0. The molecule has 11 rings (SSSR count). The maximum Gasteiger partial charge on any atom is 0.143 e. The van der Waals surface area contributed by atoms with E-state index in [4.69, 9.17) is 4.42 Å². The topological polar surface area (TPSA) is 16.4 Å². The number of para-hydroxylation sites is 2. The normalized spacial score (nSPS) is 12.9. The van der Waals surface area contributed by atoms with Gasteiger partial charge in [0.1, 0.15) is 11.2 Å². The Kier molecular flexibility index (Phi) is 7.55. The van der Waals surface area contributed by atoms with Gasteiger partial charge in [-0.15, -0.1) is 0 Å². The molecular weight excluding hydrogens is 691 g/mol. The third-order valence-electron chi connectivity index (χ3n) is 12.1. The Morgan fingerprint density at radius 1 is 0.421 bits per heavy atom. The van der Waals surface area contributed by atoms with E-state index in [0.29, 0.717) is 0 Å². The second-order valence-corrected chi connectivity index (χ2v) is 15.7. The molecule has 0 unspecified atom stereocenters. The number of rotatable bonds is 6. The van der Waals surface area contributed by atoms with Crippen molar-refractivity contribution in [2.75, 3.05) is 4.90 Å². The third-order valence-corrected chi connectivity index (χ3v) is 12.1. The van der Waals surface area contributed by atoms with Crippen LogP contribution in [0.2, 0.25) is 0 Å². The van der Waals surface area contributed by atoms with Gasteiger partial charge in [-0.25, -0.2) is 0 Å². The van der Waals surface area contributed by atoms with Gasteiger partial charge in [-0.05, 0) is 97.7 Å². The number of fused-ring (bicyclic) bond motifs is 5. The van der Waals surface area contributed by atoms with Gasteiger partial charge < -0.3 is 9.32 Å². The standard InChI is InChI=1S/C55H39NO/c1-55(2)48-21-11-17-40-28-34-50(53(52(40)48)47-33-27-41(35-49(47)55)37-15-7-4-8-16-37)56(42-29-23-38(24-30-42)36-13-5-3-6-14-36)43-31-25-39(26-32-43)44-19-12-20-46-45-18-9-10-22-51(45)57-54(44)46/h3-35H,1-2H3. The van der Waals surface area contributed by atoms with E-state index < -0.39 is 0 Å². The van der Waals surface area contributed by atoms with Crippen LogP contribution in [0.1, 0.15) is 25.0 Å². The highest BCUT2D eigenvalue weighted by atomic mass is 16.3. The number of anilines is 3. The van der Waals surface area contributed by atoms with Gasteiger partial charge >= 0.3 is 0 Å². The Balaban J connectivity index is 1.12. The van der Waals surface area contributed by atoms with Gasteiger partial charge in [-0.3, -0.25) is 0 Å². The van der Waals surface area contributed by atoms with E-state index in [1.54, 1.807) is 0 Å². The summed E-state index contributed by atoms with van der Waals surface area (Å²) in [6.07, 6.45) is 0. The highest BCUT2D eigenvalue weighted by molar-refractivity contribution is 6.11. The van der Waals surface area contributed by atoms with Crippen molar-refractivity contribution in [3.63, 3.8) is 0 Å². The molecule has 0 amide bonds. The zero-order valence-corrected chi connectivity index (χ0v) is 31.9. The Morgan fingerprint density at radius 3 is 1.75 bits per heavy atom. The number of hydrogen-bond acceptors (Lipinski definition) is 2. The molecule has 0 N–H and O–H groups in total. The molecule has 0 saturated carbocycles. The first-order valence-electron chi connectivity index (χ1n) is 19.8. The van der Waals surface area contributed by atoms with Crippen molar-refractivity contribution in [2.24, 2.45) is 0 Å². The second kappa shape index (κ2) is 13.0. The van der Waals surface area contributed by atoms with Crippen LogP contribution in [-0.4, -0.2) is 0 Å². The SMILES string of the molecule is CC1(C)c2cc(-c3ccccc3)ccc2-c2c(N(c3ccc(-c4ccccc4)cc3)c3ccc(-c4cccc5c4oc4ccccc45)cc3)ccc3cccc1c23. The van der Waals surface area contributed by atoms with E-state index in [1.807, 2.05) is 12.1 Å². The number of nitrogens with zero attached hydrogens (tertiary/aromatic N) is 1. The van der Waals surface area contributed by atoms with Crippen LogP contribution in [0.5, 0.6) is 0 Å². The summed E-state index contributed by atoms with van der Waals surface area (Å²) in [4.78, 5) is 2.44. The van der Waals surface area contributed by atoms with Crippen molar-refractivity contribution in [3.8, 4) is 44.5 Å². The Hall–Kier alpha value is -7.16. The van der Waals surface area contributed by atoms with E-state index in [9.17, 15) is 0 Å². The van der Waals surface area contributed by atoms with E-state index in [1.165, 1.54) is 55.3 Å². The van der Waals surface area contributed by atoms with Crippen molar-refractivity contribution >= 4 is 49.8 Å². The van der Waals surface area contributed by atoms with Gasteiger partial charge in [0.2, 0.25) is 0 Å². The van der Waals surface area contributed by atoms with E-state index in [2.05, 4.69) is 207 Å². The van der Waals surface area contributed by atoms with Gasteiger partial charge in [0.25, 0.3) is 0 Å². The summed E-state index contributed by atoms with van der Waals surface area (Å²) in [5.74, 6) is 0. The van der Waals surface area contributed by atoms with Gasteiger partial charge in [-0.1, -0.05) is 172 Å². The molecule has 9 aromatic carbocycles. The number of furan rings is 1. The molecule has 0 spiro atoms. The Labute approximate surface area is 332 Å². The Morgan fingerprint density at radius 2 is 1.02 bits per heavy atom. The highest BCUT2D eigenvalue weighted by Crippen LogP contribution is 2.54. The van der Waals surface area contributed by atoms with Crippen LogP contribution in [0.3, 0.4) is 0 Å². The monoisotopic (exact) mass is 729 g/mol. The van der Waals surface area contributed by atoms with Crippen molar-refractivity contribution in [1.82, 2.24) is 0 Å². The molecule has 0 atom stereocenters. The lowest BCUT2D eigenvalue weighted by atomic mass is 9.67. The minimum Gasteiger partial charge on any atom is -0.455 e. The van der Waals surface area contributed by atoms with Crippen molar-refractivity contribution in [1.29, 1.82) is 0 Å². The predicted octanol–water partition coefficient (Wildman–Crippen LogP) is 15.5. The molecule has 0 fully saturated rings. The molecule has 10 aromatic rings. The van der Waals surface area contributed by atoms with E-state index >= 15 is 0 Å². The van der Waals surface area contributed by atoms with Crippen LogP contribution in [0, 0.1) is 0 Å². The third kappa shape index (κ3) is 5.33. The van der Waals surface area contributed by atoms with Gasteiger partial charge in [0, 0.05) is 38.7 Å². The predicted molar refractivity (Wildman–Crippen MR) is 240 cm³/mol. The van der Waals surface area contributed by atoms with Crippen LogP contribution < -0.4 is 4.90 Å². The average Bonchev–Trinajstić information content (AvgIpc) is 3.66. The molecule has 0 aliphatic heterocycles. The zero-order valence-electron chi connectivity index (χ0n) is 31.9. The summed E-state index contributed by atoms with van der Waals surface area (Å²) in [6.45, 7) is 4.76. The summed E-state index contributed by atoms with van der Waals surface area (Å²) in [5.41, 5.74) is 17.3. The largest absolute Gasteiger partial charge is 0.455 e. The first kappa shape index (κ1) is 33.2. The fourth-order valence-corrected chi connectivity index (χ4v) is 9.21. The van der Waals surface area contributed by atoms with Crippen LogP contribution in [0.4, 0.5) is 17.1 Å². The van der Waals surface area contributed by atoms with Crippen molar-refractivity contribution < 1.29 is 4.42 Å². The quantitative estimate of drug-likeness (QED) is 0.169.